The molecule has 6 heteroatoms. The van der Waals surface area contributed by atoms with Gasteiger partial charge < -0.3 is 10.4 Å². The van der Waals surface area contributed by atoms with Crippen LogP contribution in [0.3, 0.4) is 0 Å². The van der Waals surface area contributed by atoms with Crippen molar-refractivity contribution in [3.05, 3.63) is 20.7 Å². The number of aliphatic hydroxyl groups is 1. The summed E-state index contributed by atoms with van der Waals surface area (Å²) < 4.78 is 1.48. The van der Waals surface area contributed by atoms with Gasteiger partial charge in [-0.3, -0.25) is 14.2 Å². The van der Waals surface area contributed by atoms with Crippen LogP contribution in [0.1, 0.15) is 25.0 Å². The van der Waals surface area contributed by atoms with E-state index in [0.29, 0.717) is 0 Å². The van der Waals surface area contributed by atoms with Crippen LogP contribution in [0.4, 0.5) is 0 Å². The number of aryl methyl sites for hydroxylation is 1. The minimum absolute atomic E-state index is 0.0529. The molecule has 2 unspecified atom stereocenters. The molecule has 0 saturated heterocycles. The number of carbonyl (C=O) groups excluding carboxylic acids is 1. The summed E-state index contributed by atoms with van der Waals surface area (Å²) in [6.07, 6.45) is 2.90. The number of rotatable bonds is 4. The molecule has 0 aliphatic heterocycles. The number of thiazole rings is 1. The summed E-state index contributed by atoms with van der Waals surface area (Å²) in [5, 5.41) is 13.9. The van der Waals surface area contributed by atoms with Gasteiger partial charge in [-0.2, -0.15) is 0 Å². The molecule has 1 aliphatic rings. The molecule has 0 bridgehead atoms. The molecule has 1 aromatic heterocycles. The summed E-state index contributed by atoms with van der Waals surface area (Å²) in [4.78, 5) is 23.3. The Kier molecular flexibility index (Phi) is 4.19. The molecule has 1 aromatic rings. The highest BCUT2D eigenvalue weighted by atomic mass is 32.1. The first-order valence-corrected chi connectivity index (χ1v) is 7.05. The van der Waals surface area contributed by atoms with Gasteiger partial charge in [0.25, 0.3) is 0 Å². The highest BCUT2D eigenvalue weighted by Gasteiger charge is 2.27. The molecule has 2 atom stereocenters. The van der Waals surface area contributed by atoms with E-state index in [-0.39, 0.29) is 35.9 Å². The lowest BCUT2D eigenvalue weighted by atomic mass is 10.1. The maximum absolute atomic E-state index is 11.9. The van der Waals surface area contributed by atoms with Crippen LogP contribution in [0, 0.1) is 12.8 Å². The largest absolute Gasteiger partial charge is 0.396 e. The molecule has 5 nitrogen and oxygen atoms in total. The molecule has 1 fully saturated rings. The van der Waals surface area contributed by atoms with E-state index in [9.17, 15) is 14.7 Å². The summed E-state index contributed by atoms with van der Waals surface area (Å²) in [7, 11) is 0. The minimum atomic E-state index is -0.149. The van der Waals surface area contributed by atoms with Gasteiger partial charge in [0.2, 0.25) is 5.91 Å². The summed E-state index contributed by atoms with van der Waals surface area (Å²) in [5.41, 5.74) is 0.810. The standard InChI is InChI=1S/C12H18N2O3S/c1-8-7-18-12(17)14(8)5-11(16)13-10-4-2-3-9(10)6-15/h7,9-10,15H,2-6H2,1H3,(H,13,16). The molecule has 0 radical (unpaired) electrons. The van der Waals surface area contributed by atoms with E-state index < -0.39 is 0 Å². The van der Waals surface area contributed by atoms with Crippen LogP contribution in [0.15, 0.2) is 10.2 Å². The van der Waals surface area contributed by atoms with Crippen LogP contribution in [0.25, 0.3) is 0 Å². The van der Waals surface area contributed by atoms with E-state index in [1.165, 1.54) is 4.57 Å². The highest BCUT2D eigenvalue weighted by Crippen LogP contribution is 2.24. The molecule has 1 aliphatic carbocycles. The minimum Gasteiger partial charge on any atom is -0.396 e. The smallest absolute Gasteiger partial charge is 0.307 e. The van der Waals surface area contributed by atoms with Crippen LogP contribution in [-0.4, -0.2) is 28.2 Å². The Hall–Kier alpha value is -1.14. The van der Waals surface area contributed by atoms with E-state index in [1.807, 2.05) is 6.92 Å². The van der Waals surface area contributed by atoms with Gasteiger partial charge in [0, 0.05) is 29.6 Å². The Bertz CT molecular complexity index is 480. The van der Waals surface area contributed by atoms with Crippen molar-refractivity contribution >= 4 is 17.2 Å². The van der Waals surface area contributed by atoms with Gasteiger partial charge in [0.1, 0.15) is 6.54 Å². The molecule has 1 heterocycles. The third-order valence-corrected chi connectivity index (χ3v) is 4.40. The zero-order chi connectivity index (χ0) is 13.1. The van der Waals surface area contributed by atoms with Gasteiger partial charge in [0.15, 0.2) is 0 Å². The van der Waals surface area contributed by atoms with Gasteiger partial charge in [-0.25, -0.2) is 0 Å². The summed E-state index contributed by atoms with van der Waals surface area (Å²) >= 11 is 1.11. The number of carbonyl (C=O) groups is 1. The topological polar surface area (TPSA) is 71.3 Å². The van der Waals surface area contributed by atoms with E-state index in [0.717, 1.165) is 36.3 Å². The second-order valence-corrected chi connectivity index (χ2v) is 5.60. The highest BCUT2D eigenvalue weighted by molar-refractivity contribution is 7.07. The van der Waals surface area contributed by atoms with Crippen molar-refractivity contribution in [2.45, 2.75) is 38.8 Å². The number of amides is 1. The first kappa shape index (κ1) is 13.3. The molecule has 1 amide bonds. The molecule has 2 N–H and O–H groups in total. The fourth-order valence-electron chi connectivity index (χ4n) is 2.44. The molecule has 18 heavy (non-hydrogen) atoms. The number of nitrogens with zero attached hydrogens (tertiary/aromatic N) is 1. The van der Waals surface area contributed by atoms with E-state index in [2.05, 4.69) is 5.32 Å². The fraction of sp³-hybridized carbons (Fsp3) is 0.667. The predicted molar refractivity (Wildman–Crippen MR) is 69.7 cm³/mol. The Morgan fingerprint density at radius 1 is 1.61 bits per heavy atom. The normalized spacial score (nSPS) is 23.2. The summed E-state index contributed by atoms with van der Waals surface area (Å²) in [5.74, 6) is 0.0122. The maximum Gasteiger partial charge on any atom is 0.307 e. The van der Waals surface area contributed by atoms with Gasteiger partial charge in [-0.05, 0) is 19.8 Å². The number of hydrogen-bond donors (Lipinski definition) is 2. The molecular weight excluding hydrogens is 252 g/mol. The fourth-order valence-corrected chi connectivity index (χ4v) is 3.17. The zero-order valence-corrected chi connectivity index (χ0v) is 11.2. The average molecular weight is 270 g/mol. The lowest BCUT2D eigenvalue weighted by Crippen LogP contribution is -2.41. The van der Waals surface area contributed by atoms with Crippen LogP contribution in [-0.2, 0) is 11.3 Å². The lowest BCUT2D eigenvalue weighted by Gasteiger charge is -2.19. The van der Waals surface area contributed by atoms with Crippen LogP contribution in [0.2, 0.25) is 0 Å². The van der Waals surface area contributed by atoms with E-state index >= 15 is 0 Å². The molecule has 0 spiro atoms. The number of nitrogens with one attached hydrogen (secondary N) is 1. The quantitative estimate of drug-likeness (QED) is 0.836. The van der Waals surface area contributed by atoms with Gasteiger partial charge in [-0.15, -0.1) is 0 Å². The Morgan fingerprint density at radius 3 is 3.00 bits per heavy atom. The number of aromatic nitrogens is 1. The van der Waals surface area contributed by atoms with Crippen molar-refractivity contribution in [3.63, 3.8) is 0 Å². The van der Waals surface area contributed by atoms with Crippen molar-refractivity contribution < 1.29 is 9.90 Å². The monoisotopic (exact) mass is 270 g/mol. The van der Waals surface area contributed by atoms with Gasteiger partial charge in [-0.1, -0.05) is 17.8 Å². The van der Waals surface area contributed by atoms with E-state index in [4.69, 9.17) is 0 Å². The van der Waals surface area contributed by atoms with Crippen molar-refractivity contribution in [1.82, 2.24) is 9.88 Å². The van der Waals surface area contributed by atoms with Crippen molar-refractivity contribution in [2.75, 3.05) is 6.61 Å². The Labute approximate surface area is 109 Å². The molecule has 100 valence electrons. The van der Waals surface area contributed by atoms with Crippen molar-refractivity contribution in [1.29, 1.82) is 0 Å². The van der Waals surface area contributed by atoms with Crippen molar-refractivity contribution in [2.24, 2.45) is 5.92 Å². The summed E-state index contributed by atoms with van der Waals surface area (Å²) in [6, 6.07) is 0.0529. The summed E-state index contributed by atoms with van der Waals surface area (Å²) in [6.45, 7) is 2.00. The second-order valence-electron chi connectivity index (χ2n) is 4.78. The number of aliphatic hydroxyl groups excluding tert-OH is 1. The predicted octanol–water partition coefficient (Wildman–Crippen LogP) is 0.495. The van der Waals surface area contributed by atoms with Crippen LogP contribution < -0.4 is 10.2 Å². The Morgan fingerprint density at radius 2 is 2.39 bits per heavy atom. The van der Waals surface area contributed by atoms with Crippen LogP contribution in [0.5, 0.6) is 0 Å². The Balaban J connectivity index is 1.95. The molecule has 1 saturated carbocycles. The average Bonchev–Trinajstić information content (AvgIpc) is 2.90. The lowest BCUT2D eigenvalue weighted by molar-refractivity contribution is -0.122. The molecule has 0 aromatic carbocycles. The van der Waals surface area contributed by atoms with E-state index in [1.54, 1.807) is 5.38 Å². The third-order valence-electron chi connectivity index (χ3n) is 3.52. The first-order chi connectivity index (χ1) is 8.61. The maximum atomic E-state index is 11.9. The first-order valence-electron chi connectivity index (χ1n) is 6.17. The third kappa shape index (κ3) is 2.81. The second kappa shape index (κ2) is 5.67. The SMILES string of the molecule is Cc1csc(=O)n1CC(=O)NC1CCCC1CO. The van der Waals surface area contributed by atoms with Crippen LogP contribution >= 0.6 is 11.3 Å². The number of hydrogen-bond acceptors (Lipinski definition) is 4. The zero-order valence-electron chi connectivity index (χ0n) is 10.4. The molecule has 2 rings (SSSR count). The molecular formula is C12H18N2O3S. The van der Waals surface area contributed by atoms with Gasteiger partial charge in [0.05, 0.1) is 0 Å². The van der Waals surface area contributed by atoms with Crippen molar-refractivity contribution in [3.8, 4) is 0 Å². The van der Waals surface area contributed by atoms with Gasteiger partial charge >= 0.3 is 4.87 Å².